The highest BCUT2D eigenvalue weighted by atomic mass is 16.2. The Bertz CT molecular complexity index is 781. The molecule has 0 radical (unpaired) electrons. The molecular formula is C24H32N2O2. The van der Waals surface area contributed by atoms with Crippen LogP contribution in [0.15, 0.2) is 24.3 Å². The molecule has 2 unspecified atom stereocenters. The Balaban J connectivity index is 1.38. The number of hydrogen-bond donors (Lipinski definition) is 1. The van der Waals surface area contributed by atoms with Gasteiger partial charge in [0.1, 0.15) is 0 Å². The van der Waals surface area contributed by atoms with Crippen molar-refractivity contribution in [2.75, 3.05) is 13.6 Å². The average molecular weight is 381 g/mol. The second-order valence-electron chi connectivity index (χ2n) is 10.4. The number of hydrogen-bond acceptors (Lipinski definition) is 2. The standard InChI is InChI=1S/C24H32N2O2/c1-16-3-5-19(6-4-16)23-10-17-9-18(11-23)13-24(12-17,15-23)22(28)26(2)14-21(27)25-20-7-8-20/h3-6,17-18,20H,7-15H2,1-2H3,(H,25,27). The van der Waals surface area contributed by atoms with Gasteiger partial charge < -0.3 is 10.2 Å². The first kappa shape index (κ1) is 18.2. The number of benzene rings is 1. The van der Waals surface area contributed by atoms with E-state index in [2.05, 4.69) is 36.5 Å². The third kappa shape index (κ3) is 3.05. The minimum absolute atomic E-state index is 0.00340. The maximum atomic E-state index is 13.6. The molecule has 28 heavy (non-hydrogen) atoms. The Morgan fingerprint density at radius 1 is 1.07 bits per heavy atom. The maximum Gasteiger partial charge on any atom is 0.239 e. The number of aryl methyl sites for hydroxylation is 1. The Hall–Kier alpha value is -1.84. The van der Waals surface area contributed by atoms with Crippen molar-refractivity contribution < 1.29 is 9.59 Å². The van der Waals surface area contributed by atoms with Crippen molar-refractivity contribution in [1.82, 2.24) is 10.2 Å². The van der Waals surface area contributed by atoms with Gasteiger partial charge in [0.15, 0.2) is 0 Å². The number of likely N-dealkylation sites (N-methyl/N-ethyl adjacent to an activating group) is 1. The molecule has 2 amide bonds. The van der Waals surface area contributed by atoms with E-state index in [-0.39, 0.29) is 29.2 Å². The fourth-order valence-corrected chi connectivity index (χ4v) is 6.95. The molecule has 5 saturated carbocycles. The molecule has 0 heterocycles. The number of carbonyl (C=O) groups is 2. The maximum absolute atomic E-state index is 13.6. The summed E-state index contributed by atoms with van der Waals surface area (Å²) in [6.45, 7) is 2.33. The van der Waals surface area contributed by atoms with Gasteiger partial charge >= 0.3 is 0 Å². The first-order valence-electron chi connectivity index (χ1n) is 11.0. The van der Waals surface area contributed by atoms with Crippen LogP contribution in [0.1, 0.15) is 62.5 Å². The van der Waals surface area contributed by atoms with Gasteiger partial charge in [-0.2, -0.15) is 0 Å². The van der Waals surface area contributed by atoms with Crippen molar-refractivity contribution >= 4 is 11.8 Å². The average Bonchev–Trinajstić information content (AvgIpc) is 3.44. The molecule has 5 fully saturated rings. The Morgan fingerprint density at radius 2 is 1.71 bits per heavy atom. The van der Waals surface area contributed by atoms with Gasteiger partial charge in [-0.1, -0.05) is 29.8 Å². The van der Waals surface area contributed by atoms with E-state index in [0.29, 0.717) is 17.9 Å². The van der Waals surface area contributed by atoms with Crippen LogP contribution in [0.4, 0.5) is 0 Å². The van der Waals surface area contributed by atoms with Crippen molar-refractivity contribution in [3.8, 4) is 0 Å². The van der Waals surface area contributed by atoms with Gasteiger partial charge in [-0.15, -0.1) is 0 Å². The van der Waals surface area contributed by atoms with Crippen molar-refractivity contribution in [2.24, 2.45) is 17.3 Å². The summed E-state index contributed by atoms with van der Waals surface area (Å²) in [4.78, 5) is 27.6. The van der Waals surface area contributed by atoms with Crippen LogP contribution in [0.5, 0.6) is 0 Å². The summed E-state index contributed by atoms with van der Waals surface area (Å²) in [6.07, 6.45) is 8.90. The second-order valence-corrected chi connectivity index (χ2v) is 10.4. The summed E-state index contributed by atoms with van der Waals surface area (Å²) >= 11 is 0. The van der Waals surface area contributed by atoms with Crippen LogP contribution in [-0.4, -0.2) is 36.3 Å². The lowest BCUT2D eigenvalue weighted by molar-refractivity contribution is -0.160. The van der Waals surface area contributed by atoms with Gasteiger partial charge in [0.2, 0.25) is 11.8 Å². The van der Waals surface area contributed by atoms with Gasteiger partial charge in [-0.25, -0.2) is 0 Å². The predicted molar refractivity (Wildman–Crippen MR) is 109 cm³/mol. The predicted octanol–water partition coefficient (Wildman–Crippen LogP) is 3.57. The van der Waals surface area contributed by atoms with Gasteiger partial charge in [-0.05, 0) is 81.1 Å². The third-order valence-electron chi connectivity index (χ3n) is 7.85. The molecule has 5 aliphatic rings. The largest absolute Gasteiger partial charge is 0.352 e. The molecule has 150 valence electrons. The molecule has 1 aromatic carbocycles. The SMILES string of the molecule is Cc1ccc(C23CC4CC(CC(C(=O)N(C)CC(=O)NC5CC5)(C4)C2)C3)cc1. The van der Waals surface area contributed by atoms with Crippen molar-refractivity contribution in [3.63, 3.8) is 0 Å². The molecule has 2 atom stereocenters. The monoisotopic (exact) mass is 380 g/mol. The van der Waals surface area contributed by atoms with Crippen molar-refractivity contribution in [3.05, 3.63) is 35.4 Å². The number of carbonyl (C=O) groups excluding carboxylic acids is 2. The minimum atomic E-state index is -0.260. The first-order valence-corrected chi connectivity index (χ1v) is 11.0. The highest BCUT2D eigenvalue weighted by Gasteiger charge is 2.61. The van der Waals surface area contributed by atoms with E-state index in [1.54, 1.807) is 4.90 Å². The second kappa shape index (κ2) is 6.33. The number of amides is 2. The summed E-state index contributed by atoms with van der Waals surface area (Å²) < 4.78 is 0. The fourth-order valence-electron chi connectivity index (χ4n) is 6.95. The van der Waals surface area contributed by atoms with Crippen LogP contribution >= 0.6 is 0 Å². The molecule has 1 N–H and O–H groups in total. The van der Waals surface area contributed by atoms with Crippen LogP contribution in [0, 0.1) is 24.2 Å². The van der Waals surface area contributed by atoms with Crippen LogP contribution in [-0.2, 0) is 15.0 Å². The van der Waals surface area contributed by atoms with Crippen LogP contribution in [0.25, 0.3) is 0 Å². The topological polar surface area (TPSA) is 49.4 Å². The number of nitrogens with one attached hydrogen (secondary N) is 1. The van der Waals surface area contributed by atoms with E-state index in [1.165, 1.54) is 30.4 Å². The summed E-state index contributed by atoms with van der Waals surface area (Å²) in [7, 11) is 1.83. The van der Waals surface area contributed by atoms with E-state index in [9.17, 15) is 9.59 Å². The summed E-state index contributed by atoms with van der Waals surface area (Å²) in [5, 5.41) is 3.02. The minimum Gasteiger partial charge on any atom is -0.352 e. The molecule has 0 saturated heterocycles. The zero-order valence-corrected chi connectivity index (χ0v) is 17.2. The van der Waals surface area contributed by atoms with E-state index >= 15 is 0 Å². The lowest BCUT2D eigenvalue weighted by Crippen LogP contribution is -2.59. The molecule has 4 heteroatoms. The summed E-state index contributed by atoms with van der Waals surface area (Å²) in [5.74, 6) is 1.51. The molecule has 6 rings (SSSR count). The molecule has 0 aliphatic heterocycles. The number of nitrogens with zero attached hydrogens (tertiary/aromatic N) is 1. The van der Waals surface area contributed by atoms with Crippen LogP contribution < -0.4 is 5.32 Å². The van der Waals surface area contributed by atoms with Crippen molar-refractivity contribution in [1.29, 1.82) is 0 Å². The molecular weight excluding hydrogens is 348 g/mol. The third-order valence-corrected chi connectivity index (χ3v) is 7.85. The van der Waals surface area contributed by atoms with Gasteiger partial charge in [-0.3, -0.25) is 9.59 Å². The molecule has 5 aliphatic carbocycles. The lowest BCUT2D eigenvalue weighted by atomic mass is 9.42. The Kier molecular flexibility index (Phi) is 4.12. The molecule has 4 nitrogen and oxygen atoms in total. The fraction of sp³-hybridized carbons (Fsp3) is 0.667. The van der Waals surface area contributed by atoms with E-state index in [1.807, 2.05) is 7.05 Å². The number of rotatable bonds is 5. The van der Waals surface area contributed by atoms with E-state index in [4.69, 9.17) is 0 Å². The zero-order chi connectivity index (χ0) is 19.5. The summed E-state index contributed by atoms with van der Waals surface area (Å²) in [6, 6.07) is 9.38. The lowest BCUT2D eigenvalue weighted by Gasteiger charge is -2.62. The molecule has 0 spiro atoms. The van der Waals surface area contributed by atoms with Gasteiger partial charge in [0.25, 0.3) is 0 Å². The molecule has 0 aromatic heterocycles. The Morgan fingerprint density at radius 3 is 2.32 bits per heavy atom. The van der Waals surface area contributed by atoms with Crippen LogP contribution in [0.3, 0.4) is 0 Å². The molecule has 1 aromatic rings. The van der Waals surface area contributed by atoms with Gasteiger partial charge in [0.05, 0.1) is 12.0 Å². The quantitative estimate of drug-likeness (QED) is 0.849. The smallest absolute Gasteiger partial charge is 0.239 e. The highest BCUT2D eigenvalue weighted by Crippen LogP contribution is 2.66. The van der Waals surface area contributed by atoms with E-state index < -0.39 is 0 Å². The Labute approximate surface area is 168 Å². The zero-order valence-electron chi connectivity index (χ0n) is 17.2. The highest BCUT2D eigenvalue weighted by molar-refractivity contribution is 5.88. The van der Waals surface area contributed by atoms with Crippen molar-refractivity contribution in [2.45, 2.75) is 69.7 Å². The normalized spacial score (nSPS) is 35.6. The van der Waals surface area contributed by atoms with Crippen LogP contribution in [0.2, 0.25) is 0 Å². The molecule has 4 bridgehead atoms. The van der Waals surface area contributed by atoms with E-state index in [0.717, 1.165) is 32.1 Å². The summed E-state index contributed by atoms with van der Waals surface area (Å²) in [5.41, 5.74) is 2.62. The first-order chi connectivity index (χ1) is 13.4. The van der Waals surface area contributed by atoms with Gasteiger partial charge in [0, 0.05) is 13.1 Å².